The molecule has 0 bridgehead atoms. The van der Waals surface area contributed by atoms with E-state index in [4.69, 9.17) is 20.8 Å². The molecule has 9 nitrogen and oxygen atoms in total. The number of H-pyrrole nitrogens is 1. The number of hydrogen-bond donors (Lipinski definition) is 4. The summed E-state index contributed by atoms with van der Waals surface area (Å²) in [5.41, 5.74) is 0.101. The fourth-order valence-electron chi connectivity index (χ4n) is 5.65. The molecule has 11 heteroatoms. The molecule has 3 aromatic carbocycles. The first-order chi connectivity index (χ1) is 21.6. The second-order valence-electron chi connectivity index (χ2n) is 13.3. The molecule has 2 amide bonds. The van der Waals surface area contributed by atoms with Crippen LogP contribution in [0.4, 0.5) is 4.79 Å². The van der Waals surface area contributed by atoms with Gasteiger partial charge in [0.2, 0.25) is 0 Å². The van der Waals surface area contributed by atoms with Crippen LogP contribution in [0.2, 0.25) is 10.1 Å². The van der Waals surface area contributed by atoms with Crippen molar-refractivity contribution in [1.82, 2.24) is 15.6 Å². The van der Waals surface area contributed by atoms with Crippen LogP contribution in [-0.2, 0) is 14.0 Å². The number of fused-ring (bicyclic) bond motifs is 1. The van der Waals surface area contributed by atoms with E-state index in [2.05, 4.69) is 36.4 Å². The topological polar surface area (TPSA) is 130 Å². The number of aromatic nitrogens is 1. The Morgan fingerprint density at radius 1 is 0.848 bits per heavy atom. The molecule has 4 aromatic rings. The lowest BCUT2D eigenvalue weighted by molar-refractivity contribution is -0.137. The summed E-state index contributed by atoms with van der Waals surface area (Å²) in [7, 11) is -3.10. The number of rotatable bonds is 11. The number of benzene rings is 3. The van der Waals surface area contributed by atoms with Gasteiger partial charge in [0.25, 0.3) is 14.2 Å². The van der Waals surface area contributed by atoms with Gasteiger partial charge in [0, 0.05) is 15.9 Å². The largest absolute Gasteiger partial charge is 0.481 e. The zero-order valence-corrected chi connectivity index (χ0v) is 28.8. The van der Waals surface area contributed by atoms with Gasteiger partial charge in [-0.3, -0.25) is 9.59 Å². The summed E-state index contributed by atoms with van der Waals surface area (Å²) in [5, 5.41) is 18.5. The molecule has 0 fully saturated rings. The SMILES string of the molecule is CC(C)(C)OC(=O)N[C@H](CO[Si](c1ccccc1)(c1ccccc1)C(C)(C)C)[C@@H](CC(=O)O)NC(=O)c1cc2cc(Cl)ccc2[nH]1. The van der Waals surface area contributed by atoms with Crippen LogP contribution < -0.4 is 21.0 Å². The van der Waals surface area contributed by atoms with Crippen LogP contribution in [0.15, 0.2) is 84.9 Å². The molecule has 4 rings (SSSR count). The van der Waals surface area contributed by atoms with Gasteiger partial charge in [0.1, 0.15) is 11.3 Å². The van der Waals surface area contributed by atoms with Crippen LogP contribution in [0.5, 0.6) is 0 Å². The molecule has 46 heavy (non-hydrogen) atoms. The van der Waals surface area contributed by atoms with Crippen molar-refractivity contribution in [3.05, 3.63) is 95.6 Å². The second kappa shape index (κ2) is 14.1. The minimum Gasteiger partial charge on any atom is -0.481 e. The number of alkyl carbamates (subject to hydrolysis) is 1. The van der Waals surface area contributed by atoms with Crippen molar-refractivity contribution in [3.63, 3.8) is 0 Å². The van der Waals surface area contributed by atoms with Gasteiger partial charge in [-0.05, 0) is 60.4 Å². The Morgan fingerprint density at radius 3 is 1.96 bits per heavy atom. The summed E-state index contributed by atoms with van der Waals surface area (Å²) in [5.74, 6) is -1.70. The van der Waals surface area contributed by atoms with Crippen molar-refractivity contribution in [2.75, 3.05) is 6.61 Å². The average Bonchev–Trinajstić information content (AvgIpc) is 3.39. The summed E-state index contributed by atoms with van der Waals surface area (Å²) in [6.45, 7) is 11.5. The number of carboxylic acid groups (broad SMARTS) is 1. The van der Waals surface area contributed by atoms with Crippen molar-refractivity contribution in [2.45, 2.75) is 70.7 Å². The number of aliphatic carboxylic acids is 1. The molecule has 0 spiro atoms. The highest BCUT2D eigenvalue weighted by Crippen LogP contribution is 2.37. The zero-order chi connectivity index (χ0) is 33.7. The van der Waals surface area contributed by atoms with Gasteiger partial charge in [-0.1, -0.05) is 93.0 Å². The highest BCUT2D eigenvalue weighted by molar-refractivity contribution is 6.99. The first-order valence-electron chi connectivity index (χ1n) is 15.1. The minimum atomic E-state index is -3.10. The van der Waals surface area contributed by atoms with E-state index in [0.717, 1.165) is 15.8 Å². The molecular weight excluding hydrogens is 622 g/mol. The Hall–Kier alpha value is -4.12. The first-order valence-corrected chi connectivity index (χ1v) is 17.4. The third-order valence-electron chi connectivity index (χ3n) is 7.62. The number of ether oxygens (including phenoxy) is 1. The molecule has 0 aliphatic heterocycles. The normalized spacial score (nSPS) is 13.5. The lowest BCUT2D eigenvalue weighted by atomic mass is 10.1. The predicted molar refractivity (Wildman–Crippen MR) is 184 cm³/mol. The Labute approximate surface area is 275 Å². The van der Waals surface area contributed by atoms with E-state index in [1.807, 2.05) is 60.7 Å². The highest BCUT2D eigenvalue weighted by Gasteiger charge is 2.50. The third-order valence-corrected chi connectivity index (χ3v) is 12.9. The van der Waals surface area contributed by atoms with Crippen molar-refractivity contribution in [1.29, 1.82) is 0 Å². The summed E-state index contributed by atoms with van der Waals surface area (Å²) >= 11 is 6.13. The lowest BCUT2D eigenvalue weighted by Crippen LogP contribution is -2.68. The minimum absolute atomic E-state index is 0.104. The zero-order valence-electron chi connectivity index (χ0n) is 27.0. The number of hydrogen-bond acceptors (Lipinski definition) is 5. The molecular formula is C35H42ClN3O6Si. The van der Waals surface area contributed by atoms with Gasteiger partial charge in [0.15, 0.2) is 0 Å². The highest BCUT2D eigenvalue weighted by atomic mass is 35.5. The summed E-state index contributed by atoms with van der Waals surface area (Å²) < 4.78 is 12.6. The summed E-state index contributed by atoms with van der Waals surface area (Å²) in [6.07, 6.45) is -1.24. The predicted octanol–water partition coefficient (Wildman–Crippen LogP) is 5.86. The Morgan fingerprint density at radius 2 is 1.43 bits per heavy atom. The second-order valence-corrected chi connectivity index (χ2v) is 18.1. The van der Waals surface area contributed by atoms with Gasteiger partial charge in [-0.25, -0.2) is 4.79 Å². The molecule has 0 aliphatic rings. The smallest absolute Gasteiger partial charge is 0.408 e. The monoisotopic (exact) mass is 663 g/mol. The van der Waals surface area contributed by atoms with E-state index >= 15 is 0 Å². The van der Waals surface area contributed by atoms with E-state index in [-0.39, 0.29) is 17.3 Å². The van der Waals surface area contributed by atoms with E-state index in [0.29, 0.717) is 10.5 Å². The molecule has 0 radical (unpaired) electrons. The number of carbonyl (C=O) groups excluding carboxylic acids is 2. The lowest BCUT2D eigenvalue weighted by Gasteiger charge is -2.44. The number of carboxylic acids is 1. The number of carbonyl (C=O) groups is 3. The van der Waals surface area contributed by atoms with Gasteiger partial charge < -0.3 is 29.9 Å². The van der Waals surface area contributed by atoms with Gasteiger partial charge >= 0.3 is 12.1 Å². The van der Waals surface area contributed by atoms with E-state index in [1.165, 1.54) is 0 Å². The van der Waals surface area contributed by atoms with Gasteiger partial charge in [-0.15, -0.1) is 0 Å². The van der Waals surface area contributed by atoms with Crippen molar-refractivity contribution >= 4 is 59.2 Å². The Balaban J connectivity index is 1.75. The number of aromatic amines is 1. The van der Waals surface area contributed by atoms with Gasteiger partial charge in [-0.2, -0.15) is 0 Å². The van der Waals surface area contributed by atoms with Crippen LogP contribution in [0.25, 0.3) is 10.9 Å². The molecule has 0 aliphatic carbocycles. The maximum atomic E-state index is 13.6. The molecule has 244 valence electrons. The summed E-state index contributed by atoms with van der Waals surface area (Å²) in [6, 6.07) is 24.7. The van der Waals surface area contributed by atoms with Gasteiger partial charge in [0.05, 0.1) is 25.1 Å². The van der Waals surface area contributed by atoms with Crippen LogP contribution in [0, 0.1) is 0 Å². The number of halogens is 1. The molecule has 0 saturated carbocycles. The van der Waals surface area contributed by atoms with Crippen LogP contribution in [-0.4, -0.2) is 60.7 Å². The van der Waals surface area contributed by atoms with E-state index in [9.17, 15) is 19.5 Å². The standard InChI is InChI=1S/C35H42ClN3O6Si/c1-34(2,3)45-33(43)39-30(28(21-31(40)41)38-32(42)29-20-23-19-24(36)17-18-27(23)37-29)22-44-46(35(4,5)6,25-13-9-7-10-14-25)26-15-11-8-12-16-26/h7-20,28,30,37H,21-22H2,1-6H3,(H,38,42)(H,39,43)(H,40,41)/t28-,30-/m1/s1. The Bertz CT molecular complexity index is 1630. The maximum absolute atomic E-state index is 13.6. The Kier molecular flexibility index (Phi) is 10.7. The average molecular weight is 664 g/mol. The van der Waals surface area contributed by atoms with Crippen LogP contribution in [0.1, 0.15) is 58.5 Å². The fraction of sp³-hybridized carbons (Fsp3) is 0.343. The first kappa shape index (κ1) is 34.7. The number of amides is 2. The van der Waals surface area contributed by atoms with E-state index in [1.54, 1.807) is 45.0 Å². The molecule has 1 aromatic heterocycles. The van der Waals surface area contributed by atoms with Crippen LogP contribution >= 0.6 is 11.6 Å². The van der Waals surface area contributed by atoms with Crippen LogP contribution in [0.3, 0.4) is 0 Å². The van der Waals surface area contributed by atoms with Crippen molar-refractivity contribution in [3.8, 4) is 0 Å². The molecule has 0 saturated heterocycles. The van der Waals surface area contributed by atoms with Crippen molar-refractivity contribution < 1.29 is 28.7 Å². The molecule has 2 atom stereocenters. The molecule has 4 N–H and O–H groups in total. The van der Waals surface area contributed by atoms with E-state index < -0.39 is 50.4 Å². The molecule has 1 heterocycles. The number of nitrogens with one attached hydrogen (secondary N) is 3. The van der Waals surface area contributed by atoms with Crippen molar-refractivity contribution in [2.24, 2.45) is 0 Å². The summed E-state index contributed by atoms with van der Waals surface area (Å²) in [4.78, 5) is 42.0. The fourth-order valence-corrected chi connectivity index (χ4v) is 10.4. The maximum Gasteiger partial charge on any atom is 0.408 e. The molecule has 0 unspecified atom stereocenters. The third kappa shape index (κ3) is 8.37. The quantitative estimate of drug-likeness (QED) is 0.149.